The van der Waals surface area contributed by atoms with Crippen LogP contribution in [0, 0.1) is 0 Å². The zero-order valence-corrected chi connectivity index (χ0v) is 14.7. The molecule has 0 saturated carbocycles. The molecule has 0 amide bonds. The van der Waals surface area contributed by atoms with Crippen LogP contribution in [0.3, 0.4) is 0 Å². The van der Waals surface area contributed by atoms with E-state index in [2.05, 4.69) is 32.6 Å². The highest BCUT2D eigenvalue weighted by Crippen LogP contribution is 2.45. The minimum atomic E-state index is -0.739. The summed E-state index contributed by atoms with van der Waals surface area (Å²) < 4.78 is 0. The number of rotatable bonds is 5. The topological polar surface area (TPSA) is 40.5 Å². The first-order chi connectivity index (χ1) is 10.3. The van der Waals surface area contributed by atoms with Crippen LogP contribution in [0.15, 0.2) is 18.2 Å². The fraction of sp³-hybridized carbons (Fsp3) is 0.611. The van der Waals surface area contributed by atoms with Crippen molar-refractivity contribution in [1.29, 1.82) is 0 Å². The van der Waals surface area contributed by atoms with Gasteiger partial charge < -0.3 is 10.0 Å². The molecule has 4 heteroatoms. The van der Waals surface area contributed by atoms with Gasteiger partial charge in [0.05, 0.1) is 0 Å². The summed E-state index contributed by atoms with van der Waals surface area (Å²) >= 11 is 6.15. The van der Waals surface area contributed by atoms with Crippen molar-refractivity contribution in [2.45, 2.75) is 70.9 Å². The summed E-state index contributed by atoms with van der Waals surface area (Å²) in [5, 5.41) is 10.5. The number of unbranched alkanes of at least 4 members (excludes halogenated alkanes) is 1. The van der Waals surface area contributed by atoms with E-state index in [9.17, 15) is 9.90 Å². The fourth-order valence-electron chi connectivity index (χ4n) is 3.77. The summed E-state index contributed by atoms with van der Waals surface area (Å²) in [6, 6.07) is 5.35. The summed E-state index contributed by atoms with van der Waals surface area (Å²) in [7, 11) is 0. The summed E-state index contributed by atoms with van der Waals surface area (Å²) in [5.74, 6) is -0.363. The Morgan fingerprint density at radius 3 is 2.77 bits per heavy atom. The first-order valence-corrected chi connectivity index (χ1v) is 8.47. The number of nitrogens with zero attached hydrogens (tertiary/aromatic N) is 1. The summed E-state index contributed by atoms with van der Waals surface area (Å²) in [6.45, 7) is 8.57. The third-order valence-electron chi connectivity index (χ3n) is 4.67. The van der Waals surface area contributed by atoms with Crippen LogP contribution in [0.1, 0.15) is 64.9 Å². The predicted octanol–water partition coefficient (Wildman–Crippen LogP) is 5.08. The minimum Gasteiger partial charge on any atom is -0.480 e. The summed E-state index contributed by atoms with van der Waals surface area (Å²) in [6.07, 6.45) is 3.52. The number of fused-ring (bicyclic) bond motifs is 1. The van der Waals surface area contributed by atoms with E-state index >= 15 is 0 Å². The van der Waals surface area contributed by atoms with Gasteiger partial charge in [0.25, 0.3) is 0 Å². The minimum absolute atomic E-state index is 0.183. The second-order valence-electron chi connectivity index (χ2n) is 6.99. The van der Waals surface area contributed by atoms with E-state index in [1.165, 1.54) is 0 Å². The van der Waals surface area contributed by atoms with Crippen molar-refractivity contribution in [3.63, 3.8) is 0 Å². The predicted molar refractivity (Wildman–Crippen MR) is 92.0 cm³/mol. The van der Waals surface area contributed by atoms with Crippen LogP contribution < -0.4 is 4.90 Å². The molecule has 3 nitrogen and oxygen atoms in total. The van der Waals surface area contributed by atoms with E-state index in [1.807, 2.05) is 18.2 Å². The summed E-state index contributed by atoms with van der Waals surface area (Å²) in [4.78, 5) is 14.0. The van der Waals surface area contributed by atoms with Crippen molar-refractivity contribution < 1.29 is 9.90 Å². The molecule has 1 heterocycles. The van der Waals surface area contributed by atoms with Crippen LogP contribution >= 0.6 is 11.6 Å². The van der Waals surface area contributed by atoms with Crippen molar-refractivity contribution in [3.05, 3.63) is 28.8 Å². The van der Waals surface area contributed by atoms with Crippen molar-refractivity contribution in [2.75, 3.05) is 4.90 Å². The molecule has 0 radical (unpaired) electrons. The zero-order valence-electron chi connectivity index (χ0n) is 13.9. The number of anilines is 1. The molecule has 0 aromatic heterocycles. The number of aliphatic carboxylic acids is 1. The molecule has 1 aromatic rings. The maximum absolute atomic E-state index is 11.9. The average molecular weight is 324 g/mol. The Morgan fingerprint density at radius 2 is 2.18 bits per heavy atom. The molecule has 2 rings (SSSR count). The average Bonchev–Trinajstić information content (AvgIpc) is 2.41. The molecule has 0 unspecified atom stereocenters. The lowest BCUT2D eigenvalue weighted by Gasteiger charge is -2.50. The Morgan fingerprint density at radius 1 is 1.50 bits per heavy atom. The van der Waals surface area contributed by atoms with E-state index in [1.54, 1.807) is 0 Å². The highest BCUT2D eigenvalue weighted by Gasteiger charge is 2.42. The van der Waals surface area contributed by atoms with Gasteiger partial charge in [-0.05, 0) is 56.4 Å². The second-order valence-corrected chi connectivity index (χ2v) is 7.42. The number of hydrogen-bond acceptors (Lipinski definition) is 2. The van der Waals surface area contributed by atoms with Crippen molar-refractivity contribution in [1.82, 2.24) is 0 Å². The smallest absolute Gasteiger partial charge is 0.326 e. The quantitative estimate of drug-likeness (QED) is 0.821. The third-order valence-corrected chi connectivity index (χ3v) is 4.90. The van der Waals surface area contributed by atoms with Gasteiger partial charge in [0, 0.05) is 16.2 Å². The van der Waals surface area contributed by atoms with Gasteiger partial charge in [-0.1, -0.05) is 38.3 Å². The Kier molecular flexibility index (Phi) is 5.06. The number of carboxylic acid groups (broad SMARTS) is 1. The number of hydrogen-bond donors (Lipinski definition) is 1. The molecule has 122 valence electrons. The van der Waals surface area contributed by atoms with Gasteiger partial charge in [-0.25, -0.2) is 4.79 Å². The third kappa shape index (κ3) is 3.24. The van der Waals surface area contributed by atoms with Gasteiger partial charge in [-0.2, -0.15) is 0 Å². The number of carboxylic acids is 1. The monoisotopic (exact) mass is 323 g/mol. The van der Waals surface area contributed by atoms with Crippen LogP contribution in [0.25, 0.3) is 0 Å². The lowest BCUT2D eigenvalue weighted by Crippen LogP contribution is -2.56. The molecule has 1 aliphatic rings. The van der Waals surface area contributed by atoms with Crippen LogP contribution in [0.2, 0.25) is 5.02 Å². The Balaban J connectivity index is 2.51. The number of halogens is 1. The molecular weight excluding hydrogens is 298 g/mol. The second kappa shape index (κ2) is 6.49. The van der Waals surface area contributed by atoms with E-state index in [4.69, 9.17) is 11.6 Å². The Bertz CT molecular complexity index is 556. The van der Waals surface area contributed by atoms with E-state index in [-0.39, 0.29) is 5.54 Å². The van der Waals surface area contributed by atoms with E-state index in [0.717, 1.165) is 30.5 Å². The maximum Gasteiger partial charge on any atom is 0.326 e. The molecule has 0 spiro atoms. The van der Waals surface area contributed by atoms with Crippen LogP contribution in [0.4, 0.5) is 5.69 Å². The largest absolute Gasteiger partial charge is 0.480 e. The zero-order chi connectivity index (χ0) is 16.5. The van der Waals surface area contributed by atoms with Crippen LogP contribution in [-0.4, -0.2) is 22.7 Å². The van der Waals surface area contributed by atoms with Crippen molar-refractivity contribution in [3.8, 4) is 0 Å². The fourth-order valence-corrected chi connectivity index (χ4v) is 3.95. The molecule has 0 fully saturated rings. The lowest BCUT2D eigenvalue weighted by molar-refractivity contribution is -0.139. The first-order valence-electron chi connectivity index (χ1n) is 8.09. The highest BCUT2D eigenvalue weighted by atomic mass is 35.5. The number of carbonyl (C=O) groups is 1. The molecule has 0 aliphatic carbocycles. The Hall–Kier alpha value is -1.22. The van der Waals surface area contributed by atoms with Gasteiger partial charge in [-0.15, -0.1) is 0 Å². The molecule has 1 aromatic carbocycles. The van der Waals surface area contributed by atoms with Crippen molar-refractivity contribution >= 4 is 23.3 Å². The normalized spacial score (nSPS) is 21.3. The van der Waals surface area contributed by atoms with Gasteiger partial charge in [0.2, 0.25) is 0 Å². The first kappa shape index (κ1) is 17.1. The maximum atomic E-state index is 11.9. The van der Waals surface area contributed by atoms with Gasteiger partial charge in [0.1, 0.15) is 6.04 Å². The molecule has 1 aliphatic heterocycles. The standard InChI is InChI=1S/C18H26ClNO2/c1-5-6-7-16(17(21)22)20-15-9-8-13(19)10-14(15)12(2)11-18(20,3)4/h8-10,12,16H,5-7,11H2,1-4H3,(H,21,22)/t12-,16+/m1/s1. The molecule has 22 heavy (non-hydrogen) atoms. The van der Waals surface area contributed by atoms with Gasteiger partial charge >= 0.3 is 5.97 Å². The van der Waals surface area contributed by atoms with Gasteiger partial charge in [0.15, 0.2) is 0 Å². The molecule has 2 atom stereocenters. The highest BCUT2D eigenvalue weighted by molar-refractivity contribution is 6.30. The molecule has 0 bridgehead atoms. The van der Waals surface area contributed by atoms with E-state index in [0.29, 0.717) is 17.4 Å². The van der Waals surface area contributed by atoms with Crippen molar-refractivity contribution in [2.24, 2.45) is 0 Å². The van der Waals surface area contributed by atoms with Crippen LogP contribution in [0.5, 0.6) is 0 Å². The molecule has 0 saturated heterocycles. The molecular formula is C18H26ClNO2. The number of benzene rings is 1. The van der Waals surface area contributed by atoms with E-state index < -0.39 is 12.0 Å². The SMILES string of the molecule is CCCC[C@@H](C(=O)O)N1c2ccc(Cl)cc2[C@H](C)CC1(C)C. The Labute approximate surface area is 138 Å². The summed E-state index contributed by atoms with van der Waals surface area (Å²) in [5.41, 5.74) is 2.00. The molecule has 1 N–H and O–H groups in total. The van der Waals surface area contributed by atoms with Gasteiger partial charge in [-0.3, -0.25) is 0 Å². The van der Waals surface area contributed by atoms with Crippen LogP contribution in [-0.2, 0) is 4.79 Å². The lowest BCUT2D eigenvalue weighted by atomic mass is 9.78.